The molecular weight excluding hydrogens is 129 g/mol. The van der Waals surface area contributed by atoms with E-state index in [1.54, 1.807) is 6.92 Å². The predicted molar refractivity (Wildman–Crippen MR) is 40.8 cm³/mol. The second-order valence-corrected chi connectivity index (χ2v) is 3.43. The van der Waals surface area contributed by atoms with Gasteiger partial charge in [-0.25, -0.2) is 4.39 Å². The Bertz CT molecular complexity index is 103. The molecule has 1 nitrogen and oxygen atoms in total. The Morgan fingerprint density at radius 1 is 1.70 bits per heavy atom. The molecule has 0 aromatic carbocycles. The molecule has 1 fully saturated rings. The van der Waals surface area contributed by atoms with Gasteiger partial charge in [-0.3, -0.25) is 0 Å². The normalized spacial score (nSPS) is 30.9. The third-order valence-corrected chi connectivity index (χ3v) is 2.02. The summed E-state index contributed by atoms with van der Waals surface area (Å²) < 4.78 is 12.4. The van der Waals surface area contributed by atoms with Crippen LogP contribution in [-0.2, 0) is 0 Å². The molecule has 0 spiro atoms. The maximum Gasteiger partial charge on any atom is 0.110 e. The number of halogens is 1. The maximum absolute atomic E-state index is 12.4. The lowest BCUT2D eigenvalue weighted by Crippen LogP contribution is -2.26. The number of alkyl halides is 1. The minimum Gasteiger partial charge on any atom is -0.300 e. The first-order chi connectivity index (χ1) is 4.68. The van der Waals surface area contributed by atoms with Crippen molar-refractivity contribution in [2.45, 2.75) is 26.4 Å². The summed E-state index contributed by atoms with van der Waals surface area (Å²) in [7, 11) is 0. The van der Waals surface area contributed by atoms with Gasteiger partial charge >= 0.3 is 0 Å². The summed E-state index contributed by atoms with van der Waals surface area (Å²) in [6.07, 6.45) is 0.581. The van der Waals surface area contributed by atoms with Crippen molar-refractivity contribution in [2.75, 3.05) is 19.6 Å². The Balaban J connectivity index is 2.18. The fraction of sp³-hybridized carbons (Fsp3) is 1.00. The summed E-state index contributed by atoms with van der Waals surface area (Å²) in [5, 5.41) is 0. The smallest absolute Gasteiger partial charge is 0.110 e. The monoisotopic (exact) mass is 145 g/mol. The minimum atomic E-state index is -0.662. The van der Waals surface area contributed by atoms with E-state index in [1.165, 1.54) is 6.42 Å². The van der Waals surface area contributed by atoms with E-state index >= 15 is 0 Å². The third-order valence-electron chi connectivity index (χ3n) is 2.02. The van der Waals surface area contributed by atoms with Crippen molar-refractivity contribution in [3.63, 3.8) is 0 Å². The Kier molecular flexibility index (Phi) is 2.66. The third kappa shape index (κ3) is 2.25. The van der Waals surface area contributed by atoms with Crippen LogP contribution in [-0.4, -0.2) is 30.7 Å². The lowest BCUT2D eigenvalue weighted by molar-refractivity contribution is 0.230. The van der Waals surface area contributed by atoms with Crippen molar-refractivity contribution >= 4 is 0 Å². The maximum atomic E-state index is 12.4. The van der Waals surface area contributed by atoms with Gasteiger partial charge in [-0.1, -0.05) is 6.92 Å². The highest BCUT2D eigenvalue weighted by Crippen LogP contribution is 2.15. The van der Waals surface area contributed by atoms with Gasteiger partial charge in [-0.15, -0.1) is 0 Å². The second-order valence-electron chi connectivity index (χ2n) is 3.43. The summed E-state index contributed by atoms with van der Waals surface area (Å²) in [6.45, 7) is 6.67. The van der Waals surface area contributed by atoms with Crippen LogP contribution in [0.15, 0.2) is 0 Å². The molecule has 0 radical (unpaired) electrons. The quantitative estimate of drug-likeness (QED) is 0.571. The lowest BCUT2D eigenvalue weighted by atomic mass is 10.2. The molecule has 2 atom stereocenters. The summed E-state index contributed by atoms with van der Waals surface area (Å²) in [5.74, 6) is 0.777. The number of rotatable bonds is 2. The summed E-state index contributed by atoms with van der Waals surface area (Å²) >= 11 is 0. The molecule has 0 amide bonds. The van der Waals surface area contributed by atoms with E-state index in [0.717, 1.165) is 19.0 Å². The molecule has 0 N–H and O–H groups in total. The van der Waals surface area contributed by atoms with Gasteiger partial charge in [0.1, 0.15) is 6.17 Å². The zero-order chi connectivity index (χ0) is 7.56. The summed E-state index contributed by atoms with van der Waals surface area (Å²) in [5.41, 5.74) is 0. The van der Waals surface area contributed by atoms with E-state index in [9.17, 15) is 4.39 Å². The Morgan fingerprint density at radius 2 is 2.40 bits per heavy atom. The molecule has 0 aliphatic carbocycles. The number of hydrogen-bond donors (Lipinski definition) is 0. The number of likely N-dealkylation sites (tertiary alicyclic amines) is 1. The molecular formula is C8H16FN. The first-order valence-corrected chi connectivity index (χ1v) is 4.05. The van der Waals surface area contributed by atoms with Crippen molar-refractivity contribution in [3.8, 4) is 0 Å². The van der Waals surface area contributed by atoms with E-state index in [0.29, 0.717) is 6.54 Å². The van der Waals surface area contributed by atoms with Crippen LogP contribution in [0.5, 0.6) is 0 Å². The van der Waals surface area contributed by atoms with Gasteiger partial charge in [-0.2, -0.15) is 0 Å². The Labute approximate surface area is 62.2 Å². The van der Waals surface area contributed by atoms with E-state index < -0.39 is 6.17 Å². The van der Waals surface area contributed by atoms with Crippen LogP contribution in [0.1, 0.15) is 20.3 Å². The largest absolute Gasteiger partial charge is 0.300 e. The van der Waals surface area contributed by atoms with E-state index in [-0.39, 0.29) is 0 Å². The van der Waals surface area contributed by atoms with Crippen LogP contribution in [0.3, 0.4) is 0 Å². The molecule has 0 aromatic heterocycles. The SMILES string of the molecule is CC(F)CN1CCC(C)C1. The van der Waals surface area contributed by atoms with Gasteiger partial charge in [-0.05, 0) is 25.8 Å². The van der Waals surface area contributed by atoms with Gasteiger partial charge in [0.05, 0.1) is 0 Å². The predicted octanol–water partition coefficient (Wildman–Crippen LogP) is 1.69. The first kappa shape index (κ1) is 7.99. The lowest BCUT2D eigenvalue weighted by Gasteiger charge is -2.15. The van der Waals surface area contributed by atoms with Gasteiger partial charge in [0.2, 0.25) is 0 Å². The topological polar surface area (TPSA) is 3.24 Å². The van der Waals surface area contributed by atoms with Crippen LogP contribution in [0.4, 0.5) is 4.39 Å². The van der Waals surface area contributed by atoms with Crippen LogP contribution in [0.25, 0.3) is 0 Å². The highest BCUT2D eigenvalue weighted by atomic mass is 19.1. The fourth-order valence-electron chi connectivity index (χ4n) is 1.55. The summed E-state index contributed by atoms with van der Waals surface area (Å²) in [6, 6.07) is 0. The highest BCUT2D eigenvalue weighted by Gasteiger charge is 2.19. The molecule has 0 bridgehead atoms. The molecule has 1 heterocycles. The average Bonchev–Trinajstić information content (AvgIpc) is 2.13. The van der Waals surface area contributed by atoms with Crippen molar-refractivity contribution < 1.29 is 4.39 Å². The highest BCUT2D eigenvalue weighted by molar-refractivity contribution is 4.73. The van der Waals surface area contributed by atoms with Gasteiger partial charge < -0.3 is 4.90 Å². The summed E-state index contributed by atoms with van der Waals surface area (Å²) in [4.78, 5) is 2.20. The van der Waals surface area contributed by atoms with Crippen LogP contribution >= 0.6 is 0 Å². The Morgan fingerprint density at radius 3 is 2.80 bits per heavy atom. The average molecular weight is 145 g/mol. The molecule has 2 unspecified atom stereocenters. The van der Waals surface area contributed by atoms with Crippen molar-refractivity contribution in [1.29, 1.82) is 0 Å². The molecule has 1 rings (SSSR count). The minimum absolute atomic E-state index is 0.629. The van der Waals surface area contributed by atoms with E-state index in [4.69, 9.17) is 0 Å². The van der Waals surface area contributed by atoms with E-state index in [1.807, 2.05) is 0 Å². The van der Waals surface area contributed by atoms with Crippen LogP contribution in [0.2, 0.25) is 0 Å². The number of nitrogens with zero attached hydrogens (tertiary/aromatic N) is 1. The zero-order valence-electron chi connectivity index (χ0n) is 6.81. The van der Waals surface area contributed by atoms with E-state index in [2.05, 4.69) is 11.8 Å². The zero-order valence-corrected chi connectivity index (χ0v) is 6.81. The standard InChI is InChI=1S/C8H16FN/c1-7-3-4-10(5-7)6-8(2)9/h7-8H,3-6H2,1-2H3. The molecule has 1 saturated heterocycles. The Hall–Kier alpha value is -0.110. The van der Waals surface area contributed by atoms with Gasteiger partial charge in [0.25, 0.3) is 0 Å². The second kappa shape index (κ2) is 3.33. The first-order valence-electron chi connectivity index (χ1n) is 4.05. The van der Waals surface area contributed by atoms with Gasteiger partial charge in [0.15, 0.2) is 0 Å². The molecule has 1 aliphatic heterocycles. The molecule has 2 heteroatoms. The van der Waals surface area contributed by atoms with Crippen LogP contribution < -0.4 is 0 Å². The van der Waals surface area contributed by atoms with Gasteiger partial charge in [0, 0.05) is 13.1 Å². The van der Waals surface area contributed by atoms with Crippen LogP contribution in [0, 0.1) is 5.92 Å². The molecule has 0 aromatic rings. The van der Waals surface area contributed by atoms with Crippen molar-refractivity contribution in [2.24, 2.45) is 5.92 Å². The van der Waals surface area contributed by atoms with Crippen molar-refractivity contribution in [1.82, 2.24) is 4.90 Å². The molecule has 10 heavy (non-hydrogen) atoms. The molecule has 60 valence electrons. The fourth-order valence-corrected chi connectivity index (χ4v) is 1.55. The molecule has 0 saturated carbocycles. The number of hydrogen-bond acceptors (Lipinski definition) is 1. The van der Waals surface area contributed by atoms with Crippen molar-refractivity contribution in [3.05, 3.63) is 0 Å². The molecule has 1 aliphatic rings.